The molecule has 0 bridgehead atoms. The molecule has 0 aliphatic carbocycles. The highest BCUT2D eigenvalue weighted by Gasteiger charge is 2.21. The summed E-state index contributed by atoms with van der Waals surface area (Å²) < 4.78 is 31.9. The average molecular weight is 482 g/mol. The smallest absolute Gasteiger partial charge is 0.344 e. The quantitative estimate of drug-likeness (QED) is 0.443. The summed E-state index contributed by atoms with van der Waals surface area (Å²) in [6.45, 7) is 1.34. The van der Waals surface area contributed by atoms with Crippen LogP contribution in [0.25, 0.3) is 5.82 Å². The maximum Gasteiger partial charge on any atom is 0.344 e. The molecule has 3 aromatic rings. The van der Waals surface area contributed by atoms with Crippen LogP contribution >= 0.6 is 11.6 Å². The first-order chi connectivity index (χ1) is 15.6. The molecule has 0 fully saturated rings. The molecule has 0 spiro atoms. The van der Waals surface area contributed by atoms with Crippen LogP contribution in [-0.2, 0) is 23.6 Å². The van der Waals surface area contributed by atoms with E-state index in [0.29, 0.717) is 13.7 Å². The van der Waals surface area contributed by atoms with E-state index in [4.69, 9.17) is 25.8 Å². The van der Waals surface area contributed by atoms with Crippen molar-refractivity contribution in [2.24, 2.45) is 14.1 Å². The number of hydrogen-bond donors (Lipinski definition) is 0. The van der Waals surface area contributed by atoms with Gasteiger partial charge in [0.2, 0.25) is 5.88 Å². The van der Waals surface area contributed by atoms with Gasteiger partial charge in [-0.3, -0.25) is 0 Å². The van der Waals surface area contributed by atoms with E-state index < -0.39 is 47.2 Å². The second-order valence-electron chi connectivity index (χ2n) is 6.38. The van der Waals surface area contributed by atoms with Crippen molar-refractivity contribution < 1.29 is 23.4 Å². The van der Waals surface area contributed by atoms with Crippen LogP contribution in [-0.4, -0.2) is 42.9 Å². The summed E-state index contributed by atoms with van der Waals surface area (Å²) in [5.41, 5.74) is -3.14. The van der Waals surface area contributed by atoms with Crippen LogP contribution in [0.4, 0.5) is 4.39 Å². The van der Waals surface area contributed by atoms with Crippen molar-refractivity contribution in [3.8, 4) is 23.3 Å². The Kier molecular flexibility index (Phi) is 6.92. The monoisotopic (exact) mass is 481 g/mol. The predicted octanol–water partition coefficient (Wildman–Crippen LogP) is 0.552. The summed E-state index contributed by atoms with van der Waals surface area (Å²) in [4.78, 5) is 56.3. The molecule has 0 atom stereocenters. The number of esters is 1. The Hall–Kier alpha value is -4.00. The van der Waals surface area contributed by atoms with Crippen LogP contribution in [0, 0.1) is 5.82 Å². The summed E-state index contributed by atoms with van der Waals surface area (Å²) in [7, 11) is 2.24. The molecular weight excluding hydrogens is 465 g/mol. The third-order valence-electron chi connectivity index (χ3n) is 4.20. The van der Waals surface area contributed by atoms with E-state index in [9.17, 15) is 23.6 Å². The normalized spacial score (nSPS) is 10.7. The minimum absolute atomic E-state index is 0.0468. The number of rotatable bonds is 7. The molecule has 0 unspecified atom stereocenters. The molecule has 3 aromatic heterocycles. The fraction of sp³-hybridized carbons (Fsp3) is 0.263. The lowest BCUT2D eigenvalue weighted by Gasteiger charge is -2.13. The van der Waals surface area contributed by atoms with Crippen LogP contribution < -0.4 is 26.5 Å². The number of halogens is 2. The minimum atomic E-state index is -1.12. The van der Waals surface area contributed by atoms with Crippen LogP contribution in [0.3, 0.4) is 0 Å². The third-order valence-corrected chi connectivity index (χ3v) is 4.47. The molecule has 0 aromatic carbocycles. The number of ether oxygens (including phenoxy) is 3. The highest BCUT2D eigenvalue weighted by Crippen LogP contribution is 2.33. The Morgan fingerprint density at radius 1 is 1.12 bits per heavy atom. The fourth-order valence-electron chi connectivity index (χ4n) is 2.62. The van der Waals surface area contributed by atoms with E-state index in [1.54, 1.807) is 6.92 Å². The van der Waals surface area contributed by atoms with Gasteiger partial charge in [-0.1, -0.05) is 11.6 Å². The maximum atomic E-state index is 14.7. The summed E-state index contributed by atoms with van der Waals surface area (Å²) in [5, 5.41) is -0.300. The van der Waals surface area contributed by atoms with Gasteiger partial charge in [0.25, 0.3) is 5.88 Å². The number of carbonyl (C=O) groups excluding carboxylic acids is 1. The zero-order chi connectivity index (χ0) is 24.3. The molecule has 12 nitrogen and oxygen atoms in total. The Morgan fingerprint density at radius 2 is 1.79 bits per heavy atom. The van der Waals surface area contributed by atoms with Gasteiger partial charge in [-0.2, -0.15) is 9.55 Å². The molecule has 3 heterocycles. The molecule has 3 rings (SSSR count). The first-order valence-electron chi connectivity index (χ1n) is 9.32. The topological polar surface area (TPSA) is 137 Å². The lowest BCUT2D eigenvalue weighted by Crippen LogP contribution is -2.52. The largest absolute Gasteiger partial charge is 0.463 e. The van der Waals surface area contributed by atoms with Crippen molar-refractivity contribution in [3.63, 3.8) is 0 Å². The Bertz CT molecular complexity index is 1360. The van der Waals surface area contributed by atoms with Crippen LogP contribution in [0.15, 0.2) is 38.8 Å². The van der Waals surface area contributed by atoms with E-state index in [-0.39, 0.29) is 23.3 Å². The van der Waals surface area contributed by atoms with Crippen molar-refractivity contribution in [2.75, 3.05) is 13.2 Å². The SMILES string of the molecule is CCOC(=O)COc1ncccc1Oc1nc(-n2c(=O)n(C)c(=O)n(C)c2=O)c(F)cc1Cl. The van der Waals surface area contributed by atoms with Gasteiger partial charge in [-0.25, -0.2) is 37.7 Å². The van der Waals surface area contributed by atoms with Gasteiger partial charge in [-0.15, -0.1) is 0 Å². The average Bonchev–Trinajstić information content (AvgIpc) is 2.79. The molecule has 0 saturated carbocycles. The van der Waals surface area contributed by atoms with Crippen LogP contribution in [0.5, 0.6) is 17.5 Å². The molecule has 0 radical (unpaired) electrons. The summed E-state index contributed by atoms with van der Waals surface area (Å²) >= 11 is 6.04. The Balaban J connectivity index is 2.05. The van der Waals surface area contributed by atoms with E-state index in [1.807, 2.05) is 0 Å². The van der Waals surface area contributed by atoms with Gasteiger partial charge in [0.05, 0.1) is 6.61 Å². The first-order valence-corrected chi connectivity index (χ1v) is 9.70. The minimum Gasteiger partial charge on any atom is -0.463 e. The standard InChI is InChI=1S/C19H17ClFN5O7/c1-4-31-13(27)9-32-16-12(6-5-7-22-16)33-15-10(20)8-11(21)14(23-15)26-18(29)24(2)17(28)25(3)19(26)30/h5-8H,4,9H2,1-3H3. The number of aromatic nitrogens is 5. The fourth-order valence-corrected chi connectivity index (χ4v) is 2.79. The molecular formula is C19H17ClFN5O7. The second-order valence-corrected chi connectivity index (χ2v) is 6.79. The Labute approximate surface area is 189 Å². The van der Waals surface area contributed by atoms with Gasteiger partial charge in [0, 0.05) is 26.4 Å². The number of nitrogens with zero attached hydrogens (tertiary/aromatic N) is 5. The van der Waals surface area contributed by atoms with Crippen molar-refractivity contribution in [1.29, 1.82) is 0 Å². The van der Waals surface area contributed by atoms with Crippen molar-refractivity contribution in [1.82, 2.24) is 23.7 Å². The van der Waals surface area contributed by atoms with Crippen LogP contribution in [0.2, 0.25) is 5.02 Å². The molecule has 14 heteroatoms. The summed E-state index contributed by atoms with van der Waals surface area (Å²) in [6, 6.07) is 3.68. The van der Waals surface area contributed by atoms with Gasteiger partial charge in [-0.05, 0) is 19.1 Å². The number of carbonyl (C=O) groups is 1. The lowest BCUT2D eigenvalue weighted by molar-refractivity contribution is -0.145. The first kappa shape index (κ1) is 23.7. The molecule has 0 aliphatic rings. The van der Waals surface area contributed by atoms with Gasteiger partial charge in [0.15, 0.2) is 24.0 Å². The number of pyridine rings is 2. The Morgan fingerprint density at radius 3 is 2.42 bits per heavy atom. The second kappa shape index (κ2) is 9.65. The van der Waals surface area contributed by atoms with Gasteiger partial charge < -0.3 is 14.2 Å². The molecule has 0 saturated heterocycles. The van der Waals surface area contributed by atoms with E-state index in [2.05, 4.69) is 9.97 Å². The highest BCUT2D eigenvalue weighted by molar-refractivity contribution is 6.31. The predicted molar refractivity (Wildman–Crippen MR) is 112 cm³/mol. The molecule has 0 N–H and O–H groups in total. The molecule has 33 heavy (non-hydrogen) atoms. The third kappa shape index (κ3) is 4.77. The zero-order valence-corrected chi connectivity index (χ0v) is 18.3. The zero-order valence-electron chi connectivity index (χ0n) is 17.6. The molecule has 174 valence electrons. The van der Waals surface area contributed by atoms with E-state index in [0.717, 1.165) is 20.2 Å². The lowest BCUT2D eigenvalue weighted by atomic mass is 10.4. The highest BCUT2D eigenvalue weighted by atomic mass is 35.5. The molecule has 0 aliphatic heterocycles. The summed E-state index contributed by atoms with van der Waals surface area (Å²) in [5.74, 6) is -3.06. The van der Waals surface area contributed by atoms with Crippen LogP contribution in [0.1, 0.15) is 6.92 Å². The van der Waals surface area contributed by atoms with Gasteiger partial charge >= 0.3 is 23.0 Å². The van der Waals surface area contributed by atoms with Crippen molar-refractivity contribution in [2.45, 2.75) is 6.92 Å². The van der Waals surface area contributed by atoms with E-state index >= 15 is 0 Å². The van der Waals surface area contributed by atoms with Gasteiger partial charge in [0.1, 0.15) is 5.02 Å². The van der Waals surface area contributed by atoms with Crippen molar-refractivity contribution in [3.05, 3.63) is 66.7 Å². The maximum absolute atomic E-state index is 14.7. The summed E-state index contributed by atoms with van der Waals surface area (Å²) in [6.07, 6.45) is 1.37. The number of hydrogen-bond acceptors (Lipinski definition) is 9. The van der Waals surface area contributed by atoms with Crippen molar-refractivity contribution >= 4 is 17.6 Å². The molecule has 0 amide bonds. The van der Waals surface area contributed by atoms with E-state index in [1.165, 1.54) is 18.3 Å².